The van der Waals surface area contributed by atoms with E-state index in [0.717, 1.165) is 32.4 Å². The maximum atomic E-state index is 11.7. The molecule has 0 aromatic rings. The van der Waals surface area contributed by atoms with Crippen molar-refractivity contribution < 1.29 is 14.6 Å². The molecule has 18 heavy (non-hydrogen) atoms. The number of carbonyl (C=O) groups is 1. The summed E-state index contributed by atoms with van der Waals surface area (Å²) in [5.74, 6) is 0.320. The van der Waals surface area contributed by atoms with Crippen LogP contribution in [-0.4, -0.2) is 49.5 Å². The summed E-state index contributed by atoms with van der Waals surface area (Å²) in [5, 5.41) is 15.2. The van der Waals surface area contributed by atoms with Gasteiger partial charge >= 0.3 is 0 Å². The van der Waals surface area contributed by atoms with Crippen molar-refractivity contribution >= 4 is 5.91 Å². The van der Waals surface area contributed by atoms with Crippen LogP contribution < -0.4 is 10.6 Å². The zero-order valence-corrected chi connectivity index (χ0v) is 11.4. The van der Waals surface area contributed by atoms with Gasteiger partial charge in [-0.3, -0.25) is 4.79 Å². The molecule has 1 fully saturated rings. The van der Waals surface area contributed by atoms with Gasteiger partial charge in [-0.2, -0.15) is 0 Å². The topological polar surface area (TPSA) is 70.6 Å². The van der Waals surface area contributed by atoms with Crippen molar-refractivity contribution in [3.8, 4) is 0 Å². The molecule has 1 aliphatic rings. The number of hydrogen-bond acceptors (Lipinski definition) is 4. The average Bonchev–Trinajstić information content (AvgIpc) is 2.36. The first-order chi connectivity index (χ1) is 8.61. The fraction of sp³-hybridized carbons (Fsp3) is 0.923. The zero-order chi connectivity index (χ0) is 13.4. The van der Waals surface area contributed by atoms with E-state index < -0.39 is 0 Å². The summed E-state index contributed by atoms with van der Waals surface area (Å²) in [6.07, 6.45) is 2.90. The number of amides is 1. The summed E-state index contributed by atoms with van der Waals surface area (Å²) in [4.78, 5) is 11.7. The molecule has 0 aliphatic carbocycles. The Kier molecular flexibility index (Phi) is 7.23. The first kappa shape index (κ1) is 15.4. The second-order valence-electron chi connectivity index (χ2n) is 5.34. The van der Waals surface area contributed by atoms with E-state index in [-0.39, 0.29) is 31.3 Å². The van der Waals surface area contributed by atoms with Crippen molar-refractivity contribution in [1.82, 2.24) is 10.6 Å². The fourth-order valence-electron chi connectivity index (χ4n) is 2.17. The van der Waals surface area contributed by atoms with Gasteiger partial charge in [-0.1, -0.05) is 13.8 Å². The quantitative estimate of drug-likeness (QED) is 0.613. The maximum Gasteiger partial charge on any atom is 0.246 e. The Morgan fingerprint density at radius 1 is 1.44 bits per heavy atom. The lowest BCUT2D eigenvalue weighted by molar-refractivity contribution is -0.129. The molecule has 0 aromatic heterocycles. The largest absolute Gasteiger partial charge is 0.394 e. The second kappa shape index (κ2) is 8.45. The SMILES string of the molecule is CC(C)CC(CO)NC(=O)COC1CCNCC1. The van der Waals surface area contributed by atoms with Crippen molar-refractivity contribution in [2.75, 3.05) is 26.3 Å². The van der Waals surface area contributed by atoms with Crippen LogP contribution in [0.25, 0.3) is 0 Å². The fourth-order valence-corrected chi connectivity index (χ4v) is 2.17. The van der Waals surface area contributed by atoms with Gasteiger partial charge in [0.05, 0.1) is 18.8 Å². The molecule has 3 N–H and O–H groups in total. The lowest BCUT2D eigenvalue weighted by Gasteiger charge is -2.23. The summed E-state index contributed by atoms with van der Waals surface area (Å²) in [6, 6.07) is -0.158. The lowest BCUT2D eigenvalue weighted by Crippen LogP contribution is -2.41. The molecular formula is C13H26N2O3. The van der Waals surface area contributed by atoms with Gasteiger partial charge in [0.25, 0.3) is 0 Å². The number of ether oxygens (including phenoxy) is 1. The minimum Gasteiger partial charge on any atom is -0.394 e. The number of aliphatic hydroxyl groups excluding tert-OH is 1. The number of rotatable bonds is 7. The van der Waals surface area contributed by atoms with Gasteiger partial charge in [0.1, 0.15) is 6.61 Å². The highest BCUT2D eigenvalue weighted by molar-refractivity contribution is 5.77. The smallest absolute Gasteiger partial charge is 0.246 e. The number of nitrogens with one attached hydrogen (secondary N) is 2. The predicted molar refractivity (Wildman–Crippen MR) is 70.3 cm³/mol. The van der Waals surface area contributed by atoms with E-state index in [2.05, 4.69) is 24.5 Å². The van der Waals surface area contributed by atoms with Crippen LogP contribution in [0, 0.1) is 5.92 Å². The van der Waals surface area contributed by atoms with E-state index >= 15 is 0 Å². The van der Waals surface area contributed by atoms with Gasteiger partial charge in [0.15, 0.2) is 0 Å². The summed E-state index contributed by atoms with van der Waals surface area (Å²) < 4.78 is 5.56. The molecular weight excluding hydrogens is 232 g/mol. The molecule has 1 aliphatic heterocycles. The van der Waals surface area contributed by atoms with Crippen LogP contribution in [0.3, 0.4) is 0 Å². The van der Waals surface area contributed by atoms with Crippen molar-refractivity contribution in [3.05, 3.63) is 0 Å². The Balaban J connectivity index is 2.18. The molecule has 0 bridgehead atoms. The molecule has 1 rings (SSSR count). The lowest BCUT2D eigenvalue weighted by atomic mass is 10.0. The van der Waals surface area contributed by atoms with Crippen LogP contribution in [0.1, 0.15) is 33.1 Å². The number of hydrogen-bond donors (Lipinski definition) is 3. The summed E-state index contributed by atoms with van der Waals surface area (Å²) >= 11 is 0. The summed E-state index contributed by atoms with van der Waals surface area (Å²) in [7, 11) is 0. The van der Waals surface area contributed by atoms with Gasteiger partial charge < -0.3 is 20.5 Å². The second-order valence-corrected chi connectivity index (χ2v) is 5.34. The van der Waals surface area contributed by atoms with Gasteiger partial charge in [-0.05, 0) is 38.3 Å². The van der Waals surface area contributed by atoms with Crippen LogP contribution in [0.5, 0.6) is 0 Å². The van der Waals surface area contributed by atoms with Crippen LogP contribution in [-0.2, 0) is 9.53 Å². The van der Waals surface area contributed by atoms with E-state index in [1.165, 1.54) is 0 Å². The molecule has 0 spiro atoms. The van der Waals surface area contributed by atoms with Gasteiger partial charge in [0, 0.05) is 0 Å². The molecule has 1 unspecified atom stereocenters. The third-order valence-electron chi connectivity index (χ3n) is 3.08. The highest BCUT2D eigenvalue weighted by Gasteiger charge is 2.17. The van der Waals surface area contributed by atoms with E-state index in [9.17, 15) is 9.90 Å². The summed E-state index contributed by atoms with van der Waals surface area (Å²) in [5.41, 5.74) is 0. The van der Waals surface area contributed by atoms with Crippen molar-refractivity contribution in [1.29, 1.82) is 0 Å². The number of aliphatic hydroxyl groups is 1. The molecule has 0 aromatic carbocycles. The van der Waals surface area contributed by atoms with Gasteiger partial charge in [-0.25, -0.2) is 0 Å². The highest BCUT2D eigenvalue weighted by atomic mass is 16.5. The van der Waals surface area contributed by atoms with E-state index in [1.807, 2.05) is 0 Å². The molecule has 5 nitrogen and oxygen atoms in total. The third kappa shape index (κ3) is 6.33. The Morgan fingerprint density at radius 2 is 2.11 bits per heavy atom. The van der Waals surface area contributed by atoms with Gasteiger partial charge in [0.2, 0.25) is 5.91 Å². The monoisotopic (exact) mass is 258 g/mol. The van der Waals surface area contributed by atoms with Crippen LogP contribution in [0.2, 0.25) is 0 Å². The molecule has 5 heteroatoms. The molecule has 0 saturated carbocycles. The minimum absolute atomic E-state index is 0.0166. The molecule has 0 radical (unpaired) electrons. The van der Waals surface area contributed by atoms with Gasteiger partial charge in [-0.15, -0.1) is 0 Å². The van der Waals surface area contributed by atoms with Crippen LogP contribution >= 0.6 is 0 Å². The molecule has 1 saturated heterocycles. The number of piperidine rings is 1. The van der Waals surface area contributed by atoms with E-state index in [0.29, 0.717) is 5.92 Å². The first-order valence-corrected chi connectivity index (χ1v) is 6.84. The van der Waals surface area contributed by atoms with Crippen LogP contribution in [0.15, 0.2) is 0 Å². The first-order valence-electron chi connectivity index (χ1n) is 6.84. The Morgan fingerprint density at radius 3 is 2.67 bits per heavy atom. The number of carbonyl (C=O) groups excluding carboxylic acids is 1. The summed E-state index contributed by atoms with van der Waals surface area (Å²) in [6.45, 7) is 6.13. The van der Waals surface area contributed by atoms with Crippen molar-refractivity contribution in [2.45, 2.75) is 45.3 Å². The maximum absolute atomic E-state index is 11.7. The Bertz CT molecular complexity index is 240. The minimum atomic E-state index is -0.158. The van der Waals surface area contributed by atoms with Crippen molar-refractivity contribution in [2.24, 2.45) is 5.92 Å². The third-order valence-corrected chi connectivity index (χ3v) is 3.08. The molecule has 106 valence electrons. The molecule has 1 atom stereocenters. The molecule has 1 amide bonds. The normalized spacial score (nSPS) is 18.9. The van der Waals surface area contributed by atoms with Crippen molar-refractivity contribution in [3.63, 3.8) is 0 Å². The average molecular weight is 258 g/mol. The van der Waals surface area contributed by atoms with Crippen LogP contribution in [0.4, 0.5) is 0 Å². The zero-order valence-electron chi connectivity index (χ0n) is 11.4. The van der Waals surface area contributed by atoms with E-state index in [1.54, 1.807) is 0 Å². The Labute approximate surface area is 109 Å². The predicted octanol–water partition coefficient (Wildman–Crippen LogP) is 0.278. The standard InChI is InChI=1S/C13H26N2O3/c1-10(2)7-11(8-16)15-13(17)9-18-12-3-5-14-6-4-12/h10-12,14,16H,3-9H2,1-2H3,(H,15,17). The molecule has 1 heterocycles. The Hall–Kier alpha value is -0.650. The highest BCUT2D eigenvalue weighted by Crippen LogP contribution is 2.07. The van der Waals surface area contributed by atoms with E-state index in [4.69, 9.17) is 4.74 Å².